The van der Waals surface area contributed by atoms with E-state index in [9.17, 15) is 9.90 Å². The van der Waals surface area contributed by atoms with Crippen molar-refractivity contribution in [3.8, 4) is 11.5 Å². The SMILES string of the molecule is O=C1/C(=C/c2ccc(O)cc2)Cc2cccc(OCC3CCCCC3)c21. The Morgan fingerprint density at radius 1 is 1.04 bits per heavy atom. The highest BCUT2D eigenvalue weighted by Crippen LogP contribution is 2.35. The molecule has 3 nitrogen and oxygen atoms in total. The molecule has 2 aliphatic carbocycles. The van der Waals surface area contributed by atoms with Crippen molar-refractivity contribution in [1.82, 2.24) is 0 Å². The van der Waals surface area contributed by atoms with E-state index in [-0.39, 0.29) is 11.5 Å². The van der Waals surface area contributed by atoms with Gasteiger partial charge in [-0.1, -0.05) is 43.5 Å². The number of ether oxygens (including phenoxy) is 1. The first-order valence-electron chi connectivity index (χ1n) is 9.50. The Morgan fingerprint density at radius 3 is 2.58 bits per heavy atom. The normalized spacial score (nSPS) is 18.9. The molecule has 1 N–H and O–H groups in total. The molecular weight excluding hydrogens is 324 g/mol. The number of hydrogen-bond acceptors (Lipinski definition) is 3. The third-order valence-electron chi connectivity index (χ3n) is 5.45. The minimum Gasteiger partial charge on any atom is -0.508 e. The lowest BCUT2D eigenvalue weighted by molar-refractivity contribution is 0.103. The molecule has 0 bridgehead atoms. The van der Waals surface area contributed by atoms with Crippen LogP contribution >= 0.6 is 0 Å². The molecule has 0 aliphatic heterocycles. The molecule has 0 atom stereocenters. The number of fused-ring (bicyclic) bond motifs is 1. The number of hydrogen-bond donors (Lipinski definition) is 1. The summed E-state index contributed by atoms with van der Waals surface area (Å²) in [5, 5.41) is 9.41. The average molecular weight is 348 g/mol. The lowest BCUT2D eigenvalue weighted by Crippen LogP contribution is -2.16. The molecule has 2 aliphatic rings. The number of carbonyl (C=O) groups excluding carboxylic acids is 1. The molecule has 1 saturated carbocycles. The van der Waals surface area contributed by atoms with Crippen molar-refractivity contribution in [2.75, 3.05) is 6.61 Å². The van der Waals surface area contributed by atoms with Crippen molar-refractivity contribution < 1.29 is 14.6 Å². The number of Topliss-reactive ketones (excluding diaryl/α,β-unsaturated/α-hetero) is 1. The van der Waals surface area contributed by atoms with Crippen molar-refractivity contribution in [3.63, 3.8) is 0 Å². The minimum absolute atomic E-state index is 0.0623. The van der Waals surface area contributed by atoms with Crippen LogP contribution in [0.5, 0.6) is 11.5 Å². The number of benzene rings is 2. The molecule has 0 unspecified atom stereocenters. The number of rotatable bonds is 4. The second-order valence-electron chi connectivity index (χ2n) is 7.37. The zero-order chi connectivity index (χ0) is 17.9. The van der Waals surface area contributed by atoms with Crippen LogP contribution in [0.15, 0.2) is 48.0 Å². The van der Waals surface area contributed by atoms with Gasteiger partial charge in [-0.2, -0.15) is 0 Å². The van der Waals surface area contributed by atoms with Gasteiger partial charge in [0.2, 0.25) is 0 Å². The Hall–Kier alpha value is -2.55. The van der Waals surface area contributed by atoms with Gasteiger partial charge in [-0.25, -0.2) is 0 Å². The van der Waals surface area contributed by atoms with Gasteiger partial charge in [0.15, 0.2) is 5.78 Å². The van der Waals surface area contributed by atoms with Crippen LogP contribution < -0.4 is 4.74 Å². The van der Waals surface area contributed by atoms with E-state index in [0.717, 1.165) is 28.0 Å². The molecule has 0 radical (unpaired) electrons. The first kappa shape index (κ1) is 16.9. The van der Waals surface area contributed by atoms with E-state index in [1.165, 1.54) is 32.1 Å². The largest absolute Gasteiger partial charge is 0.508 e. The lowest BCUT2D eigenvalue weighted by Gasteiger charge is -2.22. The molecule has 0 amide bonds. The van der Waals surface area contributed by atoms with Crippen molar-refractivity contribution in [2.45, 2.75) is 38.5 Å². The molecule has 134 valence electrons. The molecule has 4 rings (SSSR count). The summed E-state index contributed by atoms with van der Waals surface area (Å²) in [4.78, 5) is 12.9. The van der Waals surface area contributed by atoms with E-state index in [2.05, 4.69) is 0 Å². The second kappa shape index (κ2) is 7.36. The predicted octanol–water partition coefficient (Wildman–Crippen LogP) is 5.17. The van der Waals surface area contributed by atoms with Gasteiger partial charge in [0, 0.05) is 12.0 Å². The molecule has 1 fully saturated rings. The molecule has 2 aromatic carbocycles. The van der Waals surface area contributed by atoms with Crippen molar-refractivity contribution in [1.29, 1.82) is 0 Å². The molecule has 3 heteroatoms. The highest BCUT2D eigenvalue weighted by molar-refractivity contribution is 6.17. The smallest absolute Gasteiger partial charge is 0.193 e. The van der Waals surface area contributed by atoms with Gasteiger partial charge in [0.1, 0.15) is 11.5 Å². The van der Waals surface area contributed by atoms with Gasteiger partial charge in [0.25, 0.3) is 0 Å². The van der Waals surface area contributed by atoms with Gasteiger partial charge in [-0.15, -0.1) is 0 Å². The third kappa shape index (κ3) is 3.52. The first-order chi connectivity index (χ1) is 12.7. The second-order valence-corrected chi connectivity index (χ2v) is 7.37. The zero-order valence-electron chi connectivity index (χ0n) is 14.9. The fraction of sp³-hybridized carbons (Fsp3) is 0.348. The van der Waals surface area contributed by atoms with Crippen LogP contribution in [0, 0.1) is 5.92 Å². The van der Waals surface area contributed by atoms with Gasteiger partial charge in [-0.3, -0.25) is 4.79 Å². The average Bonchev–Trinajstić information content (AvgIpc) is 2.99. The Bertz CT molecular complexity index is 827. The summed E-state index contributed by atoms with van der Waals surface area (Å²) < 4.78 is 6.09. The summed E-state index contributed by atoms with van der Waals surface area (Å²) in [5.74, 6) is 1.63. The zero-order valence-corrected chi connectivity index (χ0v) is 14.9. The maximum atomic E-state index is 12.9. The van der Waals surface area contributed by atoms with Crippen LogP contribution in [-0.4, -0.2) is 17.5 Å². The fourth-order valence-electron chi connectivity index (χ4n) is 4.00. The van der Waals surface area contributed by atoms with Crippen LogP contribution in [0.4, 0.5) is 0 Å². The molecular formula is C23H24O3. The van der Waals surface area contributed by atoms with Crippen molar-refractivity contribution >= 4 is 11.9 Å². The van der Waals surface area contributed by atoms with E-state index in [1.54, 1.807) is 12.1 Å². The van der Waals surface area contributed by atoms with E-state index < -0.39 is 0 Å². The maximum Gasteiger partial charge on any atom is 0.193 e. The van der Waals surface area contributed by atoms with Gasteiger partial charge in [0.05, 0.1) is 12.2 Å². The highest BCUT2D eigenvalue weighted by atomic mass is 16.5. The number of aromatic hydroxyl groups is 1. The number of allylic oxidation sites excluding steroid dienone is 1. The predicted molar refractivity (Wildman–Crippen MR) is 103 cm³/mol. The van der Waals surface area contributed by atoms with E-state index >= 15 is 0 Å². The topological polar surface area (TPSA) is 46.5 Å². The van der Waals surface area contributed by atoms with Crippen molar-refractivity contribution in [2.24, 2.45) is 5.92 Å². The molecule has 0 spiro atoms. The lowest BCUT2D eigenvalue weighted by atomic mass is 9.90. The monoisotopic (exact) mass is 348 g/mol. The van der Waals surface area contributed by atoms with E-state index in [4.69, 9.17) is 4.74 Å². The summed E-state index contributed by atoms with van der Waals surface area (Å²) in [5.41, 5.74) is 3.47. The van der Waals surface area contributed by atoms with Crippen LogP contribution in [-0.2, 0) is 6.42 Å². The Labute approximate surface area is 154 Å². The number of ketones is 1. The summed E-state index contributed by atoms with van der Waals surface area (Å²) in [6, 6.07) is 12.8. The van der Waals surface area contributed by atoms with E-state index in [0.29, 0.717) is 18.9 Å². The number of phenols is 1. The fourth-order valence-corrected chi connectivity index (χ4v) is 4.00. The van der Waals surface area contributed by atoms with Gasteiger partial charge >= 0.3 is 0 Å². The third-order valence-corrected chi connectivity index (χ3v) is 5.45. The van der Waals surface area contributed by atoms with Gasteiger partial charge < -0.3 is 9.84 Å². The number of phenolic OH excluding ortho intramolecular Hbond substituents is 1. The van der Waals surface area contributed by atoms with Gasteiger partial charge in [-0.05, 0) is 54.2 Å². The standard InChI is InChI=1S/C23H24O3/c24-20-11-9-16(10-12-20)13-19-14-18-7-4-8-21(22(18)23(19)25)26-15-17-5-2-1-3-6-17/h4,7-13,17,24H,1-3,5-6,14-15H2/b19-13+. The Kier molecular flexibility index (Phi) is 4.79. The Morgan fingerprint density at radius 2 is 1.81 bits per heavy atom. The molecule has 26 heavy (non-hydrogen) atoms. The quantitative estimate of drug-likeness (QED) is 0.775. The molecule has 2 aromatic rings. The van der Waals surface area contributed by atoms with Crippen molar-refractivity contribution in [3.05, 3.63) is 64.7 Å². The van der Waals surface area contributed by atoms with Crippen LogP contribution in [0.1, 0.15) is 53.6 Å². The highest BCUT2D eigenvalue weighted by Gasteiger charge is 2.28. The van der Waals surface area contributed by atoms with Crippen LogP contribution in [0.2, 0.25) is 0 Å². The summed E-state index contributed by atoms with van der Waals surface area (Å²) in [7, 11) is 0. The summed E-state index contributed by atoms with van der Waals surface area (Å²) in [6.45, 7) is 0.709. The molecule has 0 saturated heterocycles. The summed E-state index contributed by atoms with van der Waals surface area (Å²) >= 11 is 0. The number of carbonyl (C=O) groups is 1. The van der Waals surface area contributed by atoms with Crippen LogP contribution in [0.3, 0.4) is 0 Å². The molecule has 0 heterocycles. The Balaban J connectivity index is 1.53. The maximum absolute atomic E-state index is 12.9. The first-order valence-corrected chi connectivity index (χ1v) is 9.50. The van der Waals surface area contributed by atoms with E-state index in [1.807, 2.05) is 36.4 Å². The summed E-state index contributed by atoms with van der Waals surface area (Å²) in [6.07, 6.45) is 8.92. The minimum atomic E-state index is 0.0623. The molecule has 0 aromatic heterocycles. The van der Waals surface area contributed by atoms with Crippen LogP contribution in [0.25, 0.3) is 6.08 Å².